The number of carbonyl (C=O) groups excluding carboxylic acids is 1. The Morgan fingerprint density at radius 3 is 2.48 bits per heavy atom. The van der Waals surface area contributed by atoms with E-state index in [1.54, 1.807) is 0 Å². The predicted molar refractivity (Wildman–Crippen MR) is 86.7 cm³/mol. The normalized spacial score (nSPS) is 35.6. The van der Waals surface area contributed by atoms with Crippen LogP contribution >= 0.6 is 0 Å². The molecule has 1 amide bonds. The third kappa shape index (κ3) is 3.78. The lowest BCUT2D eigenvalue weighted by Gasteiger charge is -2.49. The largest absolute Gasteiger partial charge is 0.368 e. The summed E-state index contributed by atoms with van der Waals surface area (Å²) in [4.78, 5) is 14.2. The summed E-state index contributed by atoms with van der Waals surface area (Å²) in [5, 5.41) is 0. The maximum absolute atomic E-state index is 11.8. The van der Waals surface area contributed by atoms with Gasteiger partial charge in [0, 0.05) is 6.04 Å². The summed E-state index contributed by atoms with van der Waals surface area (Å²) in [6.07, 6.45) is 6.82. The minimum atomic E-state index is -0.150. The van der Waals surface area contributed by atoms with Crippen LogP contribution < -0.4 is 11.5 Å². The predicted octanol–water partition coefficient (Wildman–Crippen LogP) is 2.12. The van der Waals surface area contributed by atoms with Gasteiger partial charge in [-0.05, 0) is 62.4 Å². The Bertz CT molecular complexity index is 364. The fourth-order valence-corrected chi connectivity index (χ4v) is 4.33. The molecule has 4 heteroatoms. The molecule has 122 valence electrons. The summed E-state index contributed by atoms with van der Waals surface area (Å²) >= 11 is 0. The van der Waals surface area contributed by atoms with Crippen LogP contribution in [0.5, 0.6) is 0 Å². The second-order valence-corrected chi connectivity index (χ2v) is 8.09. The molecule has 2 aliphatic rings. The van der Waals surface area contributed by atoms with Crippen LogP contribution in [0.1, 0.15) is 59.3 Å². The summed E-state index contributed by atoms with van der Waals surface area (Å²) in [7, 11) is 0. The van der Waals surface area contributed by atoms with Gasteiger partial charge in [0.1, 0.15) is 0 Å². The maximum Gasteiger partial charge on any atom is 0.234 e. The molecule has 1 saturated carbocycles. The fraction of sp³-hybridized carbons (Fsp3) is 0.941. The molecule has 4 N–H and O–H groups in total. The van der Waals surface area contributed by atoms with Gasteiger partial charge in [-0.3, -0.25) is 9.69 Å². The highest BCUT2D eigenvalue weighted by molar-refractivity contribution is 5.80. The van der Waals surface area contributed by atoms with Crippen molar-refractivity contribution in [1.29, 1.82) is 0 Å². The Kier molecular flexibility index (Phi) is 5.31. The molecule has 1 heterocycles. The van der Waals surface area contributed by atoms with Crippen LogP contribution in [0, 0.1) is 17.3 Å². The topological polar surface area (TPSA) is 72.3 Å². The van der Waals surface area contributed by atoms with Crippen LogP contribution in [-0.4, -0.2) is 36.0 Å². The second-order valence-electron chi connectivity index (χ2n) is 8.09. The molecule has 0 aromatic heterocycles. The average Bonchev–Trinajstić information content (AvgIpc) is 2.45. The van der Waals surface area contributed by atoms with Crippen molar-refractivity contribution in [1.82, 2.24) is 4.90 Å². The van der Waals surface area contributed by atoms with Gasteiger partial charge in [-0.25, -0.2) is 0 Å². The first kappa shape index (κ1) is 16.8. The van der Waals surface area contributed by atoms with Crippen molar-refractivity contribution in [3.63, 3.8) is 0 Å². The van der Waals surface area contributed by atoms with E-state index in [1.165, 1.54) is 19.3 Å². The van der Waals surface area contributed by atoms with Crippen molar-refractivity contribution in [2.45, 2.75) is 71.4 Å². The number of amides is 1. The Labute approximate surface area is 129 Å². The first-order valence-corrected chi connectivity index (χ1v) is 8.59. The molecule has 0 aromatic carbocycles. The number of piperidine rings is 1. The number of carbonyl (C=O) groups is 1. The molecule has 2 rings (SSSR count). The lowest BCUT2D eigenvalue weighted by Crippen LogP contribution is -2.57. The number of hydrogen-bond acceptors (Lipinski definition) is 3. The Morgan fingerprint density at radius 2 is 1.90 bits per heavy atom. The smallest absolute Gasteiger partial charge is 0.234 e. The molecule has 4 atom stereocenters. The van der Waals surface area contributed by atoms with E-state index in [4.69, 9.17) is 11.5 Å². The van der Waals surface area contributed by atoms with Crippen LogP contribution in [0.2, 0.25) is 0 Å². The van der Waals surface area contributed by atoms with E-state index >= 15 is 0 Å². The zero-order chi connectivity index (χ0) is 15.6. The second kappa shape index (κ2) is 6.66. The van der Waals surface area contributed by atoms with E-state index in [0.29, 0.717) is 23.3 Å². The summed E-state index contributed by atoms with van der Waals surface area (Å²) in [5.41, 5.74) is 12.0. The van der Waals surface area contributed by atoms with Crippen molar-refractivity contribution >= 4 is 5.91 Å². The summed E-state index contributed by atoms with van der Waals surface area (Å²) in [6.45, 7) is 8.73. The first-order chi connectivity index (χ1) is 9.84. The third-order valence-electron chi connectivity index (χ3n) is 5.78. The first-order valence-electron chi connectivity index (χ1n) is 8.59. The SMILES string of the molecule is CC(C)(C)C1CCC(CN)C(N2CCCCC2C(N)=O)C1. The van der Waals surface area contributed by atoms with Crippen LogP contribution in [0.4, 0.5) is 0 Å². The van der Waals surface area contributed by atoms with Gasteiger partial charge in [0.25, 0.3) is 0 Å². The Hall–Kier alpha value is -0.610. The lowest BCUT2D eigenvalue weighted by molar-refractivity contribution is -0.127. The standard InChI is InChI=1S/C17H33N3O/c1-17(2,3)13-8-7-12(11-18)15(10-13)20-9-5-4-6-14(20)16(19)21/h12-15H,4-11,18H2,1-3H3,(H2,19,21). The molecule has 21 heavy (non-hydrogen) atoms. The van der Waals surface area contributed by atoms with Gasteiger partial charge < -0.3 is 11.5 Å². The zero-order valence-electron chi connectivity index (χ0n) is 14.0. The highest BCUT2D eigenvalue weighted by Crippen LogP contribution is 2.42. The Balaban J connectivity index is 2.17. The molecule has 1 saturated heterocycles. The quantitative estimate of drug-likeness (QED) is 0.837. The van der Waals surface area contributed by atoms with E-state index in [0.717, 1.165) is 32.4 Å². The van der Waals surface area contributed by atoms with Gasteiger partial charge in [-0.1, -0.05) is 27.2 Å². The van der Waals surface area contributed by atoms with Crippen molar-refractivity contribution in [2.24, 2.45) is 28.7 Å². The van der Waals surface area contributed by atoms with E-state index in [2.05, 4.69) is 25.7 Å². The molecule has 4 unspecified atom stereocenters. The minimum absolute atomic E-state index is 0.0727. The van der Waals surface area contributed by atoms with E-state index in [-0.39, 0.29) is 11.9 Å². The number of rotatable bonds is 3. The van der Waals surface area contributed by atoms with Crippen molar-refractivity contribution in [2.75, 3.05) is 13.1 Å². The van der Waals surface area contributed by atoms with Crippen molar-refractivity contribution in [3.8, 4) is 0 Å². The maximum atomic E-state index is 11.8. The van der Waals surface area contributed by atoms with Crippen LogP contribution in [-0.2, 0) is 4.79 Å². The Morgan fingerprint density at radius 1 is 1.19 bits per heavy atom. The van der Waals surface area contributed by atoms with Crippen LogP contribution in [0.3, 0.4) is 0 Å². The van der Waals surface area contributed by atoms with E-state index in [9.17, 15) is 4.79 Å². The summed E-state index contributed by atoms with van der Waals surface area (Å²) < 4.78 is 0. The third-order valence-corrected chi connectivity index (χ3v) is 5.78. The highest BCUT2D eigenvalue weighted by Gasteiger charge is 2.41. The van der Waals surface area contributed by atoms with Crippen molar-refractivity contribution < 1.29 is 4.79 Å². The van der Waals surface area contributed by atoms with Gasteiger partial charge in [-0.2, -0.15) is 0 Å². The summed E-state index contributed by atoms with van der Waals surface area (Å²) in [6, 6.07) is 0.363. The van der Waals surface area contributed by atoms with Gasteiger partial charge >= 0.3 is 0 Å². The number of likely N-dealkylation sites (tertiary alicyclic amines) is 1. The molecule has 1 aliphatic heterocycles. The molecule has 0 aromatic rings. The van der Waals surface area contributed by atoms with Gasteiger partial charge in [0.15, 0.2) is 0 Å². The minimum Gasteiger partial charge on any atom is -0.368 e. The van der Waals surface area contributed by atoms with Crippen molar-refractivity contribution in [3.05, 3.63) is 0 Å². The number of primary amides is 1. The number of nitrogens with zero attached hydrogens (tertiary/aromatic N) is 1. The molecule has 2 fully saturated rings. The van der Waals surface area contributed by atoms with Gasteiger partial charge in [0.05, 0.1) is 6.04 Å². The fourth-order valence-electron chi connectivity index (χ4n) is 4.33. The number of nitrogens with two attached hydrogens (primary N) is 2. The molecule has 1 aliphatic carbocycles. The van der Waals surface area contributed by atoms with Gasteiger partial charge in [0.2, 0.25) is 5.91 Å². The molecule has 0 radical (unpaired) electrons. The summed E-state index contributed by atoms with van der Waals surface area (Å²) in [5.74, 6) is 1.08. The van der Waals surface area contributed by atoms with Crippen LogP contribution in [0.15, 0.2) is 0 Å². The molecule has 0 bridgehead atoms. The number of hydrogen-bond donors (Lipinski definition) is 2. The molecule has 0 spiro atoms. The monoisotopic (exact) mass is 295 g/mol. The molecule has 4 nitrogen and oxygen atoms in total. The molecular weight excluding hydrogens is 262 g/mol. The highest BCUT2D eigenvalue weighted by atomic mass is 16.1. The van der Waals surface area contributed by atoms with Gasteiger partial charge in [-0.15, -0.1) is 0 Å². The molecular formula is C17H33N3O. The van der Waals surface area contributed by atoms with E-state index in [1.807, 2.05) is 0 Å². The average molecular weight is 295 g/mol. The zero-order valence-corrected chi connectivity index (χ0v) is 14.0. The lowest BCUT2D eigenvalue weighted by atomic mass is 9.67. The van der Waals surface area contributed by atoms with Crippen LogP contribution in [0.25, 0.3) is 0 Å². The van der Waals surface area contributed by atoms with E-state index < -0.39 is 0 Å².